The summed E-state index contributed by atoms with van der Waals surface area (Å²) in [5.74, 6) is -1.12. The molecule has 0 saturated heterocycles. The van der Waals surface area contributed by atoms with Crippen molar-refractivity contribution in [1.82, 2.24) is 4.31 Å². The second-order valence-corrected chi connectivity index (χ2v) is 12.3. The van der Waals surface area contributed by atoms with Gasteiger partial charge >= 0.3 is 5.97 Å². The monoisotopic (exact) mass is 521 g/mol. The standard InChI is InChI=1S/C27H39NO5S2/c1-4-6-8-10-17-28(18-11-9-7-5-2)35(32,33)24-15-16-26(25(20-24)27(29)30)34(31)21-23-14-12-13-22(3)19-23/h12-16,19-20H,4-11,17-18,21H2,1-3H3,(H,29,30). The summed E-state index contributed by atoms with van der Waals surface area (Å²) in [6, 6.07) is 11.5. The third-order valence-corrected chi connectivity index (χ3v) is 9.30. The van der Waals surface area contributed by atoms with Gasteiger partial charge in [0.1, 0.15) is 0 Å². The molecule has 1 N–H and O–H groups in total. The first kappa shape index (κ1) is 29.2. The molecule has 0 spiro atoms. The molecule has 0 aromatic heterocycles. The van der Waals surface area contributed by atoms with Gasteiger partial charge in [-0.05, 0) is 43.5 Å². The Hall–Kier alpha value is -2.03. The molecule has 1 atom stereocenters. The second kappa shape index (κ2) is 14.5. The number of carboxylic acid groups (broad SMARTS) is 1. The molecule has 0 radical (unpaired) electrons. The zero-order chi connectivity index (χ0) is 25.8. The zero-order valence-corrected chi connectivity index (χ0v) is 22.8. The molecule has 0 saturated carbocycles. The van der Waals surface area contributed by atoms with E-state index in [9.17, 15) is 22.5 Å². The van der Waals surface area contributed by atoms with E-state index < -0.39 is 26.8 Å². The molecule has 0 aliphatic rings. The highest BCUT2D eigenvalue weighted by Gasteiger charge is 2.27. The maximum absolute atomic E-state index is 13.5. The minimum Gasteiger partial charge on any atom is -0.478 e. The van der Waals surface area contributed by atoms with E-state index in [0.717, 1.165) is 62.5 Å². The summed E-state index contributed by atoms with van der Waals surface area (Å²) < 4.78 is 41.5. The average molecular weight is 522 g/mol. The highest BCUT2D eigenvalue weighted by Crippen LogP contribution is 2.25. The Labute approximate surface area is 213 Å². The summed E-state index contributed by atoms with van der Waals surface area (Å²) in [4.78, 5) is 12.1. The van der Waals surface area contributed by atoms with Gasteiger partial charge in [-0.25, -0.2) is 13.2 Å². The summed E-state index contributed by atoms with van der Waals surface area (Å²) in [5.41, 5.74) is 1.63. The van der Waals surface area contributed by atoms with E-state index in [2.05, 4.69) is 13.8 Å². The quantitative estimate of drug-likeness (QED) is 0.267. The van der Waals surface area contributed by atoms with Crippen LogP contribution in [0, 0.1) is 6.92 Å². The molecule has 0 amide bonds. The van der Waals surface area contributed by atoms with Crippen molar-refractivity contribution in [3.8, 4) is 0 Å². The number of sulfonamides is 1. The predicted octanol–water partition coefficient (Wildman–Crippen LogP) is 6.15. The maximum Gasteiger partial charge on any atom is 0.336 e. The van der Waals surface area contributed by atoms with E-state index in [-0.39, 0.29) is 21.1 Å². The van der Waals surface area contributed by atoms with Crippen LogP contribution >= 0.6 is 0 Å². The molecular formula is C27H39NO5S2. The van der Waals surface area contributed by atoms with Gasteiger partial charge in [0.25, 0.3) is 0 Å². The summed E-state index contributed by atoms with van der Waals surface area (Å²) in [6.07, 6.45) is 7.67. The van der Waals surface area contributed by atoms with Gasteiger partial charge in [0.05, 0.1) is 31.9 Å². The Balaban J connectivity index is 2.31. The molecule has 1 unspecified atom stereocenters. The Morgan fingerprint density at radius 3 is 2.09 bits per heavy atom. The van der Waals surface area contributed by atoms with Crippen LogP contribution in [0.3, 0.4) is 0 Å². The first-order chi connectivity index (χ1) is 16.7. The molecule has 8 heteroatoms. The third kappa shape index (κ3) is 8.85. The van der Waals surface area contributed by atoms with Crippen LogP contribution in [-0.2, 0) is 26.6 Å². The largest absolute Gasteiger partial charge is 0.478 e. The van der Waals surface area contributed by atoms with E-state index >= 15 is 0 Å². The first-order valence-electron chi connectivity index (χ1n) is 12.5. The molecule has 2 aromatic rings. The summed E-state index contributed by atoms with van der Waals surface area (Å²) in [7, 11) is -5.49. The van der Waals surface area contributed by atoms with Gasteiger partial charge in [0, 0.05) is 13.1 Å². The van der Waals surface area contributed by atoms with Crippen molar-refractivity contribution in [3.63, 3.8) is 0 Å². The van der Waals surface area contributed by atoms with Crippen molar-refractivity contribution in [2.75, 3.05) is 13.1 Å². The molecule has 0 heterocycles. The van der Waals surface area contributed by atoms with Crippen LogP contribution in [0.2, 0.25) is 0 Å². The van der Waals surface area contributed by atoms with Crippen molar-refractivity contribution in [2.24, 2.45) is 0 Å². The number of hydrogen-bond acceptors (Lipinski definition) is 4. The van der Waals surface area contributed by atoms with Gasteiger partial charge in [-0.2, -0.15) is 4.31 Å². The molecule has 0 aliphatic heterocycles. The average Bonchev–Trinajstić information content (AvgIpc) is 2.82. The molecule has 194 valence electrons. The number of hydrogen-bond donors (Lipinski definition) is 1. The summed E-state index contributed by atoms with van der Waals surface area (Å²) >= 11 is 0. The van der Waals surface area contributed by atoms with Crippen LogP contribution in [0.4, 0.5) is 0 Å². The molecule has 0 aliphatic carbocycles. The summed E-state index contributed by atoms with van der Waals surface area (Å²) in [6.45, 7) is 6.98. The van der Waals surface area contributed by atoms with Gasteiger partial charge in [0.2, 0.25) is 10.0 Å². The minimum absolute atomic E-state index is 0.0582. The lowest BCUT2D eigenvalue weighted by Gasteiger charge is -2.23. The minimum atomic E-state index is -3.87. The number of aromatic carboxylic acids is 1. The smallest absolute Gasteiger partial charge is 0.336 e. The van der Waals surface area contributed by atoms with Crippen LogP contribution in [0.5, 0.6) is 0 Å². The highest BCUT2D eigenvalue weighted by atomic mass is 32.2. The Bertz CT molecular complexity index is 1090. The molecule has 35 heavy (non-hydrogen) atoms. The zero-order valence-electron chi connectivity index (χ0n) is 21.2. The van der Waals surface area contributed by atoms with Crippen molar-refractivity contribution in [2.45, 2.75) is 87.7 Å². The number of carboxylic acids is 1. The number of carbonyl (C=O) groups is 1. The maximum atomic E-state index is 13.5. The molecule has 0 bridgehead atoms. The van der Waals surface area contributed by atoms with Gasteiger partial charge in [-0.3, -0.25) is 4.21 Å². The van der Waals surface area contributed by atoms with Crippen molar-refractivity contribution in [3.05, 3.63) is 59.2 Å². The third-order valence-electron chi connectivity index (χ3n) is 5.97. The summed E-state index contributed by atoms with van der Waals surface area (Å²) in [5, 5.41) is 9.81. The SMILES string of the molecule is CCCCCCN(CCCCCC)S(=O)(=O)c1ccc(S(=O)Cc2cccc(C)c2)c(C(=O)O)c1. The van der Waals surface area contributed by atoms with E-state index in [1.807, 2.05) is 31.2 Å². The lowest BCUT2D eigenvalue weighted by Crippen LogP contribution is -2.33. The molecule has 2 rings (SSSR count). The topological polar surface area (TPSA) is 91.8 Å². The van der Waals surface area contributed by atoms with E-state index in [4.69, 9.17) is 0 Å². The number of unbranched alkanes of at least 4 members (excludes halogenated alkanes) is 6. The van der Waals surface area contributed by atoms with Gasteiger partial charge in [0.15, 0.2) is 0 Å². The van der Waals surface area contributed by atoms with Gasteiger partial charge in [-0.1, -0.05) is 82.2 Å². The fraction of sp³-hybridized carbons (Fsp3) is 0.519. The highest BCUT2D eigenvalue weighted by molar-refractivity contribution is 7.89. The van der Waals surface area contributed by atoms with Gasteiger partial charge < -0.3 is 5.11 Å². The van der Waals surface area contributed by atoms with Crippen LogP contribution in [0.15, 0.2) is 52.3 Å². The Kier molecular flexibility index (Phi) is 12.1. The first-order valence-corrected chi connectivity index (χ1v) is 15.3. The lowest BCUT2D eigenvalue weighted by molar-refractivity contribution is 0.0692. The fourth-order valence-corrected chi connectivity index (χ4v) is 6.79. The normalized spacial score (nSPS) is 12.7. The number of rotatable bonds is 16. The van der Waals surface area contributed by atoms with Crippen molar-refractivity contribution < 1.29 is 22.5 Å². The second-order valence-electron chi connectivity index (χ2n) is 8.97. The van der Waals surface area contributed by atoms with Crippen molar-refractivity contribution in [1.29, 1.82) is 0 Å². The Morgan fingerprint density at radius 1 is 0.914 bits per heavy atom. The van der Waals surface area contributed by atoms with E-state index in [1.54, 1.807) is 0 Å². The molecule has 0 fully saturated rings. The predicted molar refractivity (Wildman–Crippen MR) is 142 cm³/mol. The lowest BCUT2D eigenvalue weighted by atomic mass is 10.2. The van der Waals surface area contributed by atoms with E-state index in [0.29, 0.717) is 13.1 Å². The van der Waals surface area contributed by atoms with Crippen LogP contribution in [0.1, 0.15) is 86.7 Å². The molecular weight excluding hydrogens is 482 g/mol. The number of benzene rings is 2. The number of nitrogens with zero attached hydrogens (tertiary/aromatic N) is 1. The van der Waals surface area contributed by atoms with Crippen LogP contribution in [-0.4, -0.2) is 41.1 Å². The van der Waals surface area contributed by atoms with Crippen LogP contribution in [0.25, 0.3) is 0 Å². The molecule has 6 nitrogen and oxygen atoms in total. The van der Waals surface area contributed by atoms with E-state index in [1.165, 1.54) is 22.5 Å². The Morgan fingerprint density at radius 2 is 1.54 bits per heavy atom. The van der Waals surface area contributed by atoms with Crippen molar-refractivity contribution >= 4 is 26.8 Å². The van der Waals surface area contributed by atoms with Gasteiger partial charge in [-0.15, -0.1) is 0 Å². The molecule has 2 aromatic carbocycles. The van der Waals surface area contributed by atoms with Crippen LogP contribution < -0.4 is 0 Å². The fourth-order valence-electron chi connectivity index (χ4n) is 4.00. The number of aryl methyl sites for hydroxylation is 1.